The van der Waals surface area contributed by atoms with Gasteiger partial charge in [-0.1, -0.05) is 0 Å². The summed E-state index contributed by atoms with van der Waals surface area (Å²) in [6.45, 7) is 0. The molecule has 1 aromatic rings. The zero-order valence-corrected chi connectivity index (χ0v) is 14.9. The molecule has 2 rings (SSSR count). The van der Waals surface area contributed by atoms with Crippen molar-refractivity contribution >= 4 is 34.4 Å². The van der Waals surface area contributed by atoms with Gasteiger partial charge in [-0.3, -0.25) is 0 Å². The van der Waals surface area contributed by atoms with E-state index >= 15 is 0 Å². The first-order chi connectivity index (χ1) is 5.45. The molecule has 0 aromatic carbocycles. The Balaban J connectivity index is 0.000000720. The van der Waals surface area contributed by atoms with Crippen LogP contribution in [0, 0.1) is 0 Å². The maximum absolute atomic E-state index is 2.38. The quantitative estimate of drug-likeness (QED) is 0.659. The molecule has 0 spiro atoms. The second-order valence-corrected chi connectivity index (χ2v) is 27.6. The summed E-state index contributed by atoms with van der Waals surface area (Å²) in [6, 6.07) is 0. The summed E-state index contributed by atoms with van der Waals surface area (Å²) in [5.41, 5.74) is 0. The standard InChI is InChI=1S/C5H5.2ClH.P5.Zr/c1-2-4-5-3-1;;;1-2-4-5-3-1;/h1-3H,4H2;2*1H;;/q;;;-1;+3/p-2. The fraction of sp³-hybridized carbons (Fsp3) is 0.200. The zero-order valence-electron chi connectivity index (χ0n) is 6.43. The van der Waals surface area contributed by atoms with Crippen molar-refractivity contribution in [2.24, 2.45) is 0 Å². The van der Waals surface area contributed by atoms with Gasteiger partial charge in [0.05, 0.1) is 0 Å². The van der Waals surface area contributed by atoms with Gasteiger partial charge >= 0.3 is 85.0 Å². The van der Waals surface area contributed by atoms with Crippen LogP contribution < -0.4 is 24.8 Å². The number of rotatable bonds is 2. The van der Waals surface area contributed by atoms with Gasteiger partial charge in [-0.2, -0.15) is 0 Å². The predicted octanol–water partition coefficient (Wildman–Crippen LogP) is -0.309. The second-order valence-electron chi connectivity index (χ2n) is 2.08. The molecular formula is C5H5Cl2P5Zr. The van der Waals surface area contributed by atoms with Gasteiger partial charge in [0.25, 0.3) is 0 Å². The van der Waals surface area contributed by atoms with Gasteiger partial charge in [-0.05, 0) is 0 Å². The maximum Gasteiger partial charge on any atom is -1.00 e. The van der Waals surface area contributed by atoms with Gasteiger partial charge < -0.3 is 24.8 Å². The second kappa shape index (κ2) is 8.58. The molecule has 0 radical (unpaired) electrons. The number of hydrogen-bond acceptors (Lipinski definition) is 0. The van der Waals surface area contributed by atoms with Crippen molar-refractivity contribution < 1.29 is 47.5 Å². The van der Waals surface area contributed by atoms with Crippen molar-refractivity contribution in [1.82, 2.24) is 0 Å². The molecule has 0 bridgehead atoms. The van der Waals surface area contributed by atoms with Crippen LogP contribution in [-0.4, -0.2) is 0 Å². The molecule has 0 fully saturated rings. The van der Waals surface area contributed by atoms with Gasteiger partial charge in [-0.25, -0.2) is 0 Å². The Morgan fingerprint density at radius 2 is 1.92 bits per heavy atom. The van der Waals surface area contributed by atoms with Crippen LogP contribution >= 0.6 is 34.4 Å². The normalized spacial score (nSPS) is 16.3. The fourth-order valence-electron chi connectivity index (χ4n) is 0.833. The Labute approximate surface area is 109 Å². The molecular weight excluding hydrogens is 377 g/mol. The first-order valence-electron chi connectivity index (χ1n) is 3.19. The molecule has 68 valence electrons. The average Bonchev–Trinajstić information content (AvgIpc) is 2.60. The van der Waals surface area contributed by atoms with Crippen LogP contribution in [0.15, 0.2) is 21.5 Å². The van der Waals surface area contributed by atoms with Crippen LogP contribution in [0.5, 0.6) is 0 Å². The first kappa shape index (κ1) is 15.4. The van der Waals surface area contributed by atoms with Gasteiger partial charge in [0.15, 0.2) is 0 Å². The third-order valence-corrected chi connectivity index (χ3v) is 40.0. The summed E-state index contributed by atoms with van der Waals surface area (Å²) in [4.78, 5) is 0. The smallest absolute Gasteiger partial charge is 1.00 e. The molecule has 0 aliphatic heterocycles. The van der Waals surface area contributed by atoms with Crippen molar-refractivity contribution in [3.05, 3.63) is 21.5 Å². The summed E-state index contributed by atoms with van der Waals surface area (Å²) >= 11 is -0.0840. The van der Waals surface area contributed by atoms with Crippen LogP contribution in [0.2, 0.25) is 0 Å². The topological polar surface area (TPSA) is 0 Å². The molecule has 0 N–H and O–H groups in total. The van der Waals surface area contributed by atoms with E-state index in [4.69, 9.17) is 0 Å². The van der Waals surface area contributed by atoms with Crippen LogP contribution in [0.25, 0.3) is 0 Å². The van der Waals surface area contributed by atoms with E-state index in [0.717, 1.165) is 0 Å². The largest absolute Gasteiger partial charge is 1.00 e. The molecule has 13 heavy (non-hydrogen) atoms. The molecule has 1 heterocycles. The SMILES string of the molecule is C1=CC[C]([Zr+2][p]2pppp2)=C1.[Cl-].[Cl-]. The van der Waals surface area contributed by atoms with Crippen LogP contribution in [-0.2, 0) is 22.7 Å². The van der Waals surface area contributed by atoms with Crippen LogP contribution in [0.1, 0.15) is 6.42 Å². The molecule has 0 unspecified atom stereocenters. The summed E-state index contributed by atoms with van der Waals surface area (Å²) in [7, 11) is 6.98. The Morgan fingerprint density at radius 3 is 2.46 bits per heavy atom. The molecule has 1 aliphatic rings. The third-order valence-electron chi connectivity index (χ3n) is 1.30. The van der Waals surface area contributed by atoms with Crippen molar-refractivity contribution in [3.63, 3.8) is 0 Å². The van der Waals surface area contributed by atoms with Crippen molar-refractivity contribution in [2.75, 3.05) is 0 Å². The van der Waals surface area contributed by atoms with Crippen molar-refractivity contribution in [3.8, 4) is 0 Å². The van der Waals surface area contributed by atoms with E-state index in [1.807, 2.05) is 3.28 Å². The minimum absolute atomic E-state index is 0. The van der Waals surface area contributed by atoms with E-state index in [2.05, 4.69) is 18.2 Å². The van der Waals surface area contributed by atoms with Gasteiger partial charge in [0.1, 0.15) is 0 Å². The fourth-order valence-corrected chi connectivity index (χ4v) is 57.3. The van der Waals surface area contributed by atoms with Crippen LogP contribution in [0.3, 0.4) is 0 Å². The minimum Gasteiger partial charge on any atom is -1.00 e. The van der Waals surface area contributed by atoms with E-state index in [0.29, 0.717) is 4.18 Å². The van der Waals surface area contributed by atoms with Crippen LogP contribution in [0.4, 0.5) is 0 Å². The third kappa shape index (κ3) is 5.35. The summed E-state index contributed by atoms with van der Waals surface area (Å²) in [6.07, 6.45) is 8.24. The summed E-state index contributed by atoms with van der Waals surface area (Å²) in [5, 5.41) is 0. The Morgan fingerprint density at radius 1 is 1.23 bits per heavy atom. The molecule has 0 amide bonds. The molecule has 1 aromatic heterocycles. The molecule has 0 nitrogen and oxygen atoms in total. The van der Waals surface area contributed by atoms with Crippen molar-refractivity contribution in [1.29, 1.82) is 0 Å². The monoisotopic (exact) mass is 380 g/mol. The van der Waals surface area contributed by atoms with E-state index in [1.54, 1.807) is 30.2 Å². The van der Waals surface area contributed by atoms with Gasteiger partial charge in [-0.15, -0.1) is 0 Å². The average molecular weight is 382 g/mol. The number of allylic oxidation sites excluding steroid dienone is 4. The summed E-state index contributed by atoms with van der Waals surface area (Å²) in [5.74, 6) is 0. The summed E-state index contributed by atoms with van der Waals surface area (Å²) < 4.78 is 2.37. The van der Waals surface area contributed by atoms with E-state index in [-0.39, 0.29) is 47.5 Å². The first-order valence-corrected chi connectivity index (χ1v) is 16.2. The van der Waals surface area contributed by atoms with Gasteiger partial charge in [0.2, 0.25) is 0 Å². The van der Waals surface area contributed by atoms with Gasteiger partial charge in [0, 0.05) is 0 Å². The zero-order chi connectivity index (χ0) is 7.52. The molecule has 0 atom stereocenters. The Kier molecular flexibility index (Phi) is 10.2. The van der Waals surface area contributed by atoms with E-state index in [1.165, 1.54) is 6.42 Å². The van der Waals surface area contributed by atoms with E-state index in [9.17, 15) is 0 Å². The minimum atomic E-state index is -0.0840. The number of halogens is 2. The predicted molar refractivity (Wildman–Crippen MR) is 56.4 cm³/mol. The molecule has 1 aliphatic carbocycles. The Hall–Kier alpha value is 2.44. The Bertz CT molecular complexity index is 296. The van der Waals surface area contributed by atoms with E-state index < -0.39 is 0 Å². The van der Waals surface area contributed by atoms with Crippen molar-refractivity contribution in [2.45, 2.75) is 6.42 Å². The molecule has 0 saturated carbocycles. The number of hydrogen-bond donors (Lipinski definition) is 0. The maximum atomic E-state index is 2.38. The molecule has 0 saturated heterocycles. The molecule has 8 heteroatoms.